The smallest absolute Gasteiger partial charge is 0.246 e. The second kappa shape index (κ2) is 7.51. The standard InChI is InChI=1S/C14H24N4O3/c1-10(2)6-12-16-14(21-17-12)7-15-13(20)9-18-5-3-4-11(19)8-18/h10-11,19H,3-9H2,1-2H3,(H,15,20)/t11-/m1/s1. The minimum atomic E-state index is -0.318. The number of nitrogens with one attached hydrogen (secondary N) is 1. The van der Waals surface area contributed by atoms with Crippen molar-refractivity contribution in [2.24, 2.45) is 5.92 Å². The molecule has 21 heavy (non-hydrogen) atoms. The zero-order valence-electron chi connectivity index (χ0n) is 12.7. The number of hydrogen-bond donors (Lipinski definition) is 2. The third-order valence-corrected chi connectivity index (χ3v) is 3.39. The van der Waals surface area contributed by atoms with E-state index in [1.54, 1.807) is 0 Å². The maximum atomic E-state index is 11.9. The molecular weight excluding hydrogens is 272 g/mol. The van der Waals surface area contributed by atoms with E-state index in [2.05, 4.69) is 29.3 Å². The number of rotatable bonds is 6. The molecule has 0 radical (unpaired) electrons. The Morgan fingerprint density at radius 2 is 2.38 bits per heavy atom. The topological polar surface area (TPSA) is 91.5 Å². The van der Waals surface area contributed by atoms with Crippen LogP contribution in [0.1, 0.15) is 38.4 Å². The van der Waals surface area contributed by atoms with Gasteiger partial charge in [-0.05, 0) is 25.3 Å². The van der Waals surface area contributed by atoms with Crippen LogP contribution in [0, 0.1) is 5.92 Å². The lowest BCUT2D eigenvalue weighted by Crippen LogP contribution is -2.44. The van der Waals surface area contributed by atoms with Crippen LogP contribution in [0.15, 0.2) is 4.52 Å². The maximum absolute atomic E-state index is 11.9. The van der Waals surface area contributed by atoms with E-state index in [0.717, 1.165) is 25.8 Å². The third kappa shape index (κ3) is 5.43. The van der Waals surface area contributed by atoms with Gasteiger partial charge in [0.05, 0.1) is 19.2 Å². The Labute approximate surface area is 124 Å². The summed E-state index contributed by atoms with van der Waals surface area (Å²) in [6.45, 7) is 6.14. The van der Waals surface area contributed by atoms with Crippen LogP contribution in [-0.2, 0) is 17.8 Å². The summed E-state index contributed by atoms with van der Waals surface area (Å²) in [5.41, 5.74) is 0. The van der Waals surface area contributed by atoms with Gasteiger partial charge < -0.3 is 14.9 Å². The molecular formula is C14H24N4O3. The highest BCUT2D eigenvalue weighted by atomic mass is 16.5. The zero-order chi connectivity index (χ0) is 15.2. The van der Waals surface area contributed by atoms with Crippen LogP contribution in [0.5, 0.6) is 0 Å². The predicted octanol–water partition coefficient (Wildman–Crippen LogP) is 0.341. The van der Waals surface area contributed by atoms with Gasteiger partial charge in [-0.1, -0.05) is 19.0 Å². The zero-order valence-corrected chi connectivity index (χ0v) is 12.7. The fraction of sp³-hybridized carbons (Fsp3) is 0.786. The average Bonchev–Trinajstić information content (AvgIpc) is 2.83. The molecule has 0 saturated carbocycles. The van der Waals surface area contributed by atoms with E-state index in [0.29, 0.717) is 30.7 Å². The Bertz CT molecular complexity index is 461. The molecule has 118 valence electrons. The number of likely N-dealkylation sites (tertiary alicyclic amines) is 1. The van der Waals surface area contributed by atoms with Gasteiger partial charge in [-0.2, -0.15) is 4.98 Å². The summed E-state index contributed by atoms with van der Waals surface area (Å²) >= 11 is 0. The van der Waals surface area contributed by atoms with Crippen LogP contribution in [0.3, 0.4) is 0 Å². The van der Waals surface area contributed by atoms with E-state index < -0.39 is 0 Å². The summed E-state index contributed by atoms with van der Waals surface area (Å²) in [7, 11) is 0. The van der Waals surface area contributed by atoms with Crippen LogP contribution in [0.25, 0.3) is 0 Å². The summed E-state index contributed by atoms with van der Waals surface area (Å²) in [6, 6.07) is 0. The average molecular weight is 296 g/mol. The molecule has 0 spiro atoms. The van der Waals surface area contributed by atoms with Crippen molar-refractivity contribution < 1.29 is 14.4 Å². The molecule has 0 unspecified atom stereocenters. The molecule has 1 amide bonds. The van der Waals surface area contributed by atoms with Gasteiger partial charge in [-0.15, -0.1) is 0 Å². The normalized spacial score (nSPS) is 19.9. The Morgan fingerprint density at radius 1 is 1.57 bits per heavy atom. The second-order valence-electron chi connectivity index (χ2n) is 6.01. The van der Waals surface area contributed by atoms with Gasteiger partial charge >= 0.3 is 0 Å². The van der Waals surface area contributed by atoms with Gasteiger partial charge in [0.1, 0.15) is 0 Å². The lowest BCUT2D eigenvalue weighted by Gasteiger charge is -2.29. The molecule has 1 atom stereocenters. The van der Waals surface area contributed by atoms with Crippen molar-refractivity contribution in [3.05, 3.63) is 11.7 Å². The van der Waals surface area contributed by atoms with E-state index in [1.165, 1.54) is 0 Å². The lowest BCUT2D eigenvalue weighted by atomic mass is 10.1. The van der Waals surface area contributed by atoms with Crippen LogP contribution in [0.2, 0.25) is 0 Å². The molecule has 0 aliphatic carbocycles. The number of β-amino-alcohol motifs (C(OH)–C–C–N with tert-alkyl or cyclic N) is 1. The minimum absolute atomic E-state index is 0.0901. The Kier molecular flexibility index (Phi) is 5.69. The molecule has 7 heteroatoms. The van der Waals surface area contributed by atoms with Crippen molar-refractivity contribution in [3.8, 4) is 0 Å². The van der Waals surface area contributed by atoms with Crippen LogP contribution in [0.4, 0.5) is 0 Å². The van der Waals surface area contributed by atoms with Gasteiger partial charge in [0.15, 0.2) is 5.82 Å². The molecule has 1 aromatic heterocycles. The lowest BCUT2D eigenvalue weighted by molar-refractivity contribution is -0.123. The molecule has 0 bridgehead atoms. The molecule has 1 saturated heterocycles. The quantitative estimate of drug-likeness (QED) is 0.786. The van der Waals surface area contributed by atoms with Gasteiger partial charge in [-0.3, -0.25) is 9.69 Å². The number of nitrogens with zero attached hydrogens (tertiary/aromatic N) is 3. The van der Waals surface area contributed by atoms with Crippen molar-refractivity contribution in [1.29, 1.82) is 0 Å². The van der Waals surface area contributed by atoms with Crippen molar-refractivity contribution >= 4 is 5.91 Å². The fourth-order valence-electron chi connectivity index (χ4n) is 2.42. The van der Waals surface area contributed by atoms with Crippen molar-refractivity contribution in [2.75, 3.05) is 19.6 Å². The number of aromatic nitrogens is 2. The highest BCUT2D eigenvalue weighted by Crippen LogP contribution is 2.09. The Balaban J connectivity index is 1.72. The number of amides is 1. The van der Waals surface area contributed by atoms with E-state index >= 15 is 0 Å². The van der Waals surface area contributed by atoms with Gasteiger partial charge in [0.25, 0.3) is 0 Å². The summed E-state index contributed by atoms with van der Waals surface area (Å²) in [5, 5.41) is 16.2. The largest absolute Gasteiger partial charge is 0.392 e. The monoisotopic (exact) mass is 296 g/mol. The maximum Gasteiger partial charge on any atom is 0.246 e. The number of hydrogen-bond acceptors (Lipinski definition) is 6. The van der Waals surface area contributed by atoms with Crippen LogP contribution in [-0.4, -0.2) is 51.8 Å². The minimum Gasteiger partial charge on any atom is -0.392 e. The van der Waals surface area contributed by atoms with E-state index in [-0.39, 0.29) is 18.6 Å². The molecule has 1 aliphatic rings. The Morgan fingerprint density at radius 3 is 3.10 bits per heavy atom. The molecule has 1 aromatic rings. The number of piperidine rings is 1. The number of carbonyl (C=O) groups excluding carboxylic acids is 1. The van der Waals surface area contributed by atoms with Crippen LogP contribution < -0.4 is 5.32 Å². The first-order chi connectivity index (χ1) is 10.0. The summed E-state index contributed by atoms with van der Waals surface area (Å²) in [5.74, 6) is 1.48. The number of aliphatic hydroxyl groups excluding tert-OH is 1. The van der Waals surface area contributed by atoms with Gasteiger partial charge in [0, 0.05) is 13.0 Å². The van der Waals surface area contributed by atoms with Crippen molar-refractivity contribution in [1.82, 2.24) is 20.4 Å². The van der Waals surface area contributed by atoms with Gasteiger partial charge in [0.2, 0.25) is 11.8 Å². The molecule has 1 fully saturated rings. The first kappa shape index (κ1) is 15.9. The second-order valence-corrected chi connectivity index (χ2v) is 6.01. The highest BCUT2D eigenvalue weighted by molar-refractivity contribution is 5.77. The molecule has 2 heterocycles. The predicted molar refractivity (Wildman–Crippen MR) is 76.4 cm³/mol. The SMILES string of the molecule is CC(C)Cc1noc(CNC(=O)CN2CCC[C@@H](O)C2)n1. The number of aliphatic hydroxyl groups is 1. The molecule has 2 rings (SSSR count). The Hall–Kier alpha value is -1.47. The number of carbonyl (C=O) groups is 1. The summed E-state index contributed by atoms with van der Waals surface area (Å²) in [6.07, 6.45) is 2.19. The van der Waals surface area contributed by atoms with E-state index in [9.17, 15) is 9.90 Å². The van der Waals surface area contributed by atoms with Crippen molar-refractivity contribution in [2.45, 2.75) is 45.8 Å². The summed E-state index contributed by atoms with van der Waals surface area (Å²) in [4.78, 5) is 18.0. The highest BCUT2D eigenvalue weighted by Gasteiger charge is 2.19. The van der Waals surface area contributed by atoms with Gasteiger partial charge in [-0.25, -0.2) is 0 Å². The molecule has 1 aliphatic heterocycles. The third-order valence-electron chi connectivity index (χ3n) is 3.39. The van der Waals surface area contributed by atoms with E-state index in [1.807, 2.05) is 4.90 Å². The first-order valence-corrected chi connectivity index (χ1v) is 7.51. The van der Waals surface area contributed by atoms with E-state index in [4.69, 9.17) is 4.52 Å². The molecule has 7 nitrogen and oxygen atoms in total. The first-order valence-electron chi connectivity index (χ1n) is 7.51. The van der Waals surface area contributed by atoms with Crippen molar-refractivity contribution in [3.63, 3.8) is 0 Å². The molecule has 2 N–H and O–H groups in total. The van der Waals surface area contributed by atoms with Crippen LogP contribution >= 0.6 is 0 Å². The fourth-order valence-corrected chi connectivity index (χ4v) is 2.42. The molecule has 0 aromatic carbocycles. The summed E-state index contributed by atoms with van der Waals surface area (Å²) < 4.78 is 5.09.